The molecule has 248 valence electrons. The Labute approximate surface area is 310 Å². The molecular weight excluding hydrogens is 663 g/mol. The lowest BCUT2D eigenvalue weighted by atomic mass is 9.91. The second-order valence-electron chi connectivity index (χ2n) is 13.7. The van der Waals surface area contributed by atoms with Crippen LogP contribution in [-0.2, 0) is 0 Å². The molecule has 0 bridgehead atoms. The third-order valence-corrected chi connectivity index (χ3v) is 11.9. The van der Waals surface area contributed by atoms with Crippen molar-refractivity contribution >= 4 is 92.1 Å². The quantitative estimate of drug-likeness (QED) is 0.167. The van der Waals surface area contributed by atoms with Gasteiger partial charge < -0.3 is 9.32 Å². The first kappa shape index (κ1) is 30.0. The highest BCUT2D eigenvalue weighted by Crippen LogP contribution is 2.50. The van der Waals surface area contributed by atoms with Crippen molar-refractivity contribution < 1.29 is 4.42 Å². The summed E-state index contributed by atoms with van der Waals surface area (Å²) in [6.45, 7) is 0. The van der Waals surface area contributed by atoms with E-state index in [9.17, 15) is 0 Å². The molecule has 0 fully saturated rings. The van der Waals surface area contributed by atoms with Gasteiger partial charge in [0, 0.05) is 53.4 Å². The number of benzene rings is 9. The Hall–Kier alpha value is -6.68. The van der Waals surface area contributed by atoms with Gasteiger partial charge in [-0.2, -0.15) is 0 Å². The maximum atomic E-state index is 6.33. The molecule has 0 radical (unpaired) electrons. The Morgan fingerprint density at radius 2 is 1.06 bits per heavy atom. The van der Waals surface area contributed by atoms with Crippen molar-refractivity contribution in [3.63, 3.8) is 0 Å². The third-order valence-electron chi connectivity index (χ3n) is 10.6. The van der Waals surface area contributed by atoms with Crippen molar-refractivity contribution in [3.05, 3.63) is 188 Å². The number of hydrogen-bond acceptors (Lipinski definition) is 3. The van der Waals surface area contributed by atoms with E-state index in [1.165, 1.54) is 64.0 Å². The number of para-hydroxylation sites is 1. The molecule has 0 saturated heterocycles. The van der Waals surface area contributed by atoms with Crippen LogP contribution in [0.15, 0.2) is 192 Å². The van der Waals surface area contributed by atoms with Crippen LogP contribution in [0, 0.1) is 0 Å². The van der Waals surface area contributed by atoms with E-state index < -0.39 is 0 Å². The first-order valence-electron chi connectivity index (χ1n) is 18.0. The Bertz CT molecular complexity index is 3190. The average molecular weight is 694 g/mol. The SMILES string of the molecule is c1ccc(-c2cccc(N(c3ccc4c(ccc5ccccc54)c3)c3ccc4oc5ccccc5c4c3)c2-c2cccc3c2sc2ccccc23)cc1. The highest BCUT2D eigenvalue weighted by molar-refractivity contribution is 7.26. The van der Waals surface area contributed by atoms with Crippen molar-refractivity contribution in [2.75, 3.05) is 4.90 Å². The number of hydrogen-bond donors (Lipinski definition) is 0. The number of fused-ring (bicyclic) bond motifs is 9. The Kier molecular flexibility index (Phi) is 6.76. The number of nitrogens with zero attached hydrogens (tertiary/aromatic N) is 1. The predicted octanol–water partition coefficient (Wildman–Crippen LogP) is 15.1. The van der Waals surface area contributed by atoms with E-state index in [4.69, 9.17) is 4.42 Å². The summed E-state index contributed by atoms with van der Waals surface area (Å²) in [7, 11) is 0. The zero-order valence-corrected chi connectivity index (χ0v) is 29.5. The van der Waals surface area contributed by atoms with Crippen LogP contribution >= 0.6 is 11.3 Å². The van der Waals surface area contributed by atoms with E-state index in [-0.39, 0.29) is 0 Å². The van der Waals surface area contributed by atoms with Crippen LogP contribution < -0.4 is 4.90 Å². The Morgan fingerprint density at radius 1 is 0.396 bits per heavy atom. The minimum atomic E-state index is 0.883. The summed E-state index contributed by atoms with van der Waals surface area (Å²) < 4.78 is 8.91. The summed E-state index contributed by atoms with van der Waals surface area (Å²) in [5, 5.41) is 9.75. The van der Waals surface area contributed by atoms with Crippen molar-refractivity contribution in [2.45, 2.75) is 0 Å². The molecule has 3 heteroatoms. The summed E-state index contributed by atoms with van der Waals surface area (Å²) in [5.74, 6) is 0. The van der Waals surface area contributed by atoms with Crippen LogP contribution in [0.25, 0.3) is 85.9 Å². The maximum absolute atomic E-state index is 6.33. The van der Waals surface area contributed by atoms with Crippen LogP contribution in [0.1, 0.15) is 0 Å². The summed E-state index contributed by atoms with van der Waals surface area (Å²) >= 11 is 1.88. The van der Waals surface area contributed by atoms with E-state index in [1.807, 2.05) is 23.5 Å². The highest BCUT2D eigenvalue weighted by atomic mass is 32.1. The monoisotopic (exact) mass is 693 g/mol. The standard InChI is InChI=1S/C50H31NOS/c1-2-12-32(13-3-1)39-18-11-21-45(49(39)43-20-10-19-42-41-17-7-9-23-48(41)53-50(42)43)51(36-27-29-47-44(31-36)40-16-6-8-22-46(40)52-47)35-26-28-38-34(30-35)25-24-33-14-4-5-15-37(33)38/h1-31H. The van der Waals surface area contributed by atoms with Gasteiger partial charge in [0.15, 0.2) is 0 Å². The molecule has 0 amide bonds. The zero-order valence-electron chi connectivity index (χ0n) is 28.7. The minimum Gasteiger partial charge on any atom is -0.456 e. The molecule has 0 spiro atoms. The van der Waals surface area contributed by atoms with Gasteiger partial charge in [-0.1, -0.05) is 140 Å². The zero-order chi connectivity index (χ0) is 34.9. The van der Waals surface area contributed by atoms with Crippen LogP contribution in [0.5, 0.6) is 0 Å². The van der Waals surface area contributed by atoms with Crippen molar-refractivity contribution in [2.24, 2.45) is 0 Å². The van der Waals surface area contributed by atoms with Crippen LogP contribution in [0.3, 0.4) is 0 Å². The molecule has 2 aromatic heterocycles. The van der Waals surface area contributed by atoms with Gasteiger partial charge in [0.2, 0.25) is 0 Å². The molecule has 0 atom stereocenters. The lowest BCUT2D eigenvalue weighted by Crippen LogP contribution is -2.12. The van der Waals surface area contributed by atoms with Crippen LogP contribution in [-0.4, -0.2) is 0 Å². The van der Waals surface area contributed by atoms with E-state index in [0.717, 1.165) is 39.0 Å². The van der Waals surface area contributed by atoms with E-state index in [0.29, 0.717) is 0 Å². The molecule has 0 aliphatic heterocycles. The first-order valence-corrected chi connectivity index (χ1v) is 18.8. The van der Waals surface area contributed by atoms with E-state index >= 15 is 0 Å². The molecule has 2 nitrogen and oxygen atoms in total. The second kappa shape index (κ2) is 11.9. The molecule has 53 heavy (non-hydrogen) atoms. The fourth-order valence-corrected chi connectivity index (χ4v) is 9.45. The molecule has 11 aromatic rings. The summed E-state index contributed by atoms with van der Waals surface area (Å²) in [6, 6.07) is 68.2. The van der Waals surface area contributed by atoms with E-state index in [1.54, 1.807) is 0 Å². The molecule has 11 rings (SSSR count). The fourth-order valence-electron chi connectivity index (χ4n) is 8.23. The third kappa shape index (κ3) is 4.78. The number of thiophene rings is 1. The van der Waals surface area contributed by atoms with Crippen LogP contribution in [0.4, 0.5) is 17.1 Å². The number of rotatable bonds is 5. The van der Waals surface area contributed by atoms with Gasteiger partial charge in [0.1, 0.15) is 11.2 Å². The normalized spacial score (nSPS) is 11.8. The molecule has 2 heterocycles. The largest absolute Gasteiger partial charge is 0.456 e. The topological polar surface area (TPSA) is 16.4 Å². The Morgan fingerprint density at radius 3 is 1.98 bits per heavy atom. The summed E-state index contributed by atoms with van der Waals surface area (Å²) in [4.78, 5) is 2.45. The number of furan rings is 1. The minimum absolute atomic E-state index is 0.883. The van der Waals surface area contributed by atoms with Gasteiger partial charge in [0.05, 0.1) is 5.69 Å². The second-order valence-corrected chi connectivity index (χ2v) is 14.7. The molecule has 0 unspecified atom stereocenters. The van der Waals surface area contributed by atoms with Gasteiger partial charge in [-0.3, -0.25) is 0 Å². The highest BCUT2D eigenvalue weighted by Gasteiger charge is 2.24. The smallest absolute Gasteiger partial charge is 0.135 e. The van der Waals surface area contributed by atoms with Gasteiger partial charge >= 0.3 is 0 Å². The molecule has 0 N–H and O–H groups in total. The van der Waals surface area contributed by atoms with Crippen molar-refractivity contribution in [1.82, 2.24) is 0 Å². The van der Waals surface area contributed by atoms with Gasteiger partial charge in [-0.25, -0.2) is 0 Å². The van der Waals surface area contributed by atoms with Gasteiger partial charge in [-0.15, -0.1) is 11.3 Å². The molecule has 0 aliphatic carbocycles. The maximum Gasteiger partial charge on any atom is 0.135 e. The molecular formula is C50H31NOS. The molecule has 0 aliphatic rings. The average Bonchev–Trinajstić information content (AvgIpc) is 3.79. The van der Waals surface area contributed by atoms with Crippen molar-refractivity contribution in [3.8, 4) is 22.3 Å². The summed E-state index contributed by atoms with van der Waals surface area (Å²) in [6.07, 6.45) is 0. The van der Waals surface area contributed by atoms with E-state index in [2.05, 4.69) is 181 Å². The van der Waals surface area contributed by atoms with Crippen LogP contribution in [0.2, 0.25) is 0 Å². The molecule has 9 aromatic carbocycles. The van der Waals surface area contributed by atoms with Gasteiger partial charge in [0.25, 0.3) is 0 Å². The first-order chi connectivity index (χ1) is 26.3. The predicted molar refractivity (Wildman–Crippen MR) is 227 cm³/mol. The van der Waals surface area contributed by atoms with Crippen molar-refractivity contribution in [1.29, 1.82) is 0 Å². The molecule has 0 saturated carbocycles. The Balaban J connectivity index is 1.24. The number of anilines is 3. The lowest BCUT2D eigenvalue weighted by Gasteiger charge is -2.30. The van der Waals surface area contributed by atoms with Gasteiger partial charge in [-0.05, 0) is 81.2 Å². The summed E-state index contributed by atoms with van der Waals surface area (Å²) in [5.41, 5.74) is 9.86. The fraction of sp³-hybridized carbons (Fsp3) is 0. The lowest BCUT2D eigenvalue weighted by molar-refractivity contribution is 0.669.